The summed E-state index contributed by atoms with van der Waals surface area (Å²) in [6.07, 6.45) is 3.46. The summed E-state index contributed by atoms with van der Waals surface area (Å²) in [6.45, 7) is 5.55. The van der Waals surface area contributed by atoms with E-state index in [4.69, 9.17) is 0 Å². The first-order chi connectivity index (χ1) is 7.15. The Labute approximate surface area is 92.2 Å². The largest absolute Gasteiger partial charge is 0.338 e. The van der Waals surface area contributed by atoms with Gasteiger partial charge < -0.3 is 10.2 Å². The van der Waals surface area contributed by atoms with Crippen molar-refractivity contribution in [3.05, 3.63) is 0 Å². The van der Waals surface area contributed by atoms with Gasteiger partial charge in [0.1, 0.15) is 0 Å². The highest BCUT2D eigenvalue weighted by Gasteiger charge is 2.41. The van der Waals surface area contributed by atoms with Crippen molar-refractivity contribution in [2.75, 3.05) is 13.6 Å². The van der Waals surface area contributed by atoms with E-state index in [0.717, 1.165) is 18.9 Å². The third kappa shape index (κ3) is 1.78. The zero-order valence-electron chi connectivity index (χ0n) is 9.99. The Morgan fingerprint density at radius 1 is 1.27 bits per heavy atom. The SMILES string of the molecule is CNC1CCN(C2CCC(C)C2C)C1=O. The van der Waals surface area contributed by atoms with E-state index in [1.54, 1.807) is 0 Å². The van der Waals surface area contributed by atoms with Crippen LogP contribution < -0.4 is 5.32 Å². The molecule has 1 heterocycles. The molecule has 0 aromatic heterocycles. The molecule has 0 aromatic carbocycles. The van der Waals surface area contributed by atoms with Crippen molar-refractivity contribution in [1.82, 2.24) is 10.2 Å². The molecule has 4 unspecified atom stereocenters. The first-order valence-corrected chi connectivity index (χ1v) is 6.13. The molecule has 4 atom stereocenters. The molecule has 1 aliphatic heterocycles. The van der Waals surface area contributed by atoms with Crippen LogP contribution in [0, 0.1) is 11.8 Å². The first kappa shape index (κ1) is 10.9. The number of rotatable bonds is 2. The summed E-state index contributed by atoms with van der Waals surface area (Å²) in [4.78, 5) is 14.2. The molecule has 2 aliphatic rings. The average molecular weight is 210 g/mol. The summed E-state index contributed by atoms with van der Waals surface area (Å²) in [5, 5.41) is 3.10. The van der Waals surface area contributed by atoms with Gasteiger partial charge in [0, 0.05) is 12.6 Å². The van der Waals surface area contributed by atoms with Gasteiger partial charge in [0.05, 0.1) is 6.04 Å². The fraction of sp³-hybridized carbons (Fsp3) is 0.917. The fourth-order valence-corrected chi connectivity index (χ4v) is 3.08. The van der Waals surface area contributed by atoms with Gasteiger partial charge in [-0.05, 0) is 38.1 Å². The summed E-state index contributed by atoms with van der Waals surface area (Å²) >= 11 is 0. The predicted molar refractivity (Wildman–Crippen MR) is 60.5 cm³/mol. The summed E-state index contributed by atoms with van der Waals surface area (Å²) in [6, 6.07) is 0.582. The zero-order valence-corrected chi connectivity index (χ0v) is 9.99. The second-order valence-electron chi connectivity index (χ2n) is 5.14. The van der Waals surface area contributed by atoms with Crippen LogP contribution in [-0.2, 0) is 4.79 Å². The first-order valence-electron chi connectivity index (χ1n) is 6.13. The Bertz CT molecular complexity index is 254. The van der Waals surface area contributed by atoms with Crippen molar-refractivity contribution in [2.24, 2.45) is 11.8 Å². The van der Waals surface area contributed by atoms with E-state index in [1.165, 1.54) is 12.8 Å². The standard InChI is InChI=1S/C12H22N2O/c1-8-4-5-11(9(8)2)14-7-6-10(13-3)12(14)15/h8-11,13H,4-7H2,1-3H3. The molecule has 15 heavy (non-hydrogen) atoms. The van der Waals surface area contributed by atoms with Gasteiger partial charge in [-0.3, -0.25) is 4.79 Å². The highest BCUT2D eigenvalue weighted by molar-refractivity contribution is 5.84. The van der Waals surface area contributed by atoms with Crippen LogP contribution in [0.4, 0.5) is 0 Å². The van der Waals surface area contributed by atoms with Gasteiger partial charge in [-0.15, -0.1) is 0 Å². The Morgan fingerprint density at radius 2 is 2.00 bits per heavy atom. The van der Waals surface area contributed by atoms with Gasteiger partial charge >= 0.3 is 0 Å². The predicted octanol–water partition coefficient (Wildman–Crippen LogP) is 1.24. The molecule has 1 N–H and O–H groups in total. The van der Waals surface area contributed by atoms with E-state index in [1.807, 2.05) is 7.05 Å². The molecule has 1 saturated heterocycles. The summed E-state index contributed by atoms with van der Waals surface area (Å²) in [5.41, 5.74) is 0. The van der Waals surface area contributed by atoms with Crippen molar-refractivity contribution < 1.29 is 4.79 Å². The Kier molecular flexibility index (Phi) is 3.01. The molecular weight excluding hydrogens is 188 g/mol. The molecular formula is C12H22N2O. The number of carbonyl (C=O) groups excluding carboxylic acids is 1. The monoisotopic (exact) mass is 210 g/mol. The smallest absolute Gasteiger partial charge is 0.240 e. The summed E-state index contributed by atoms with van der Waals surface area (Å²) in [7, 11) is 1.88. The molecule has 2 rings (SSSR count). The van der Waals surface area contributed by atoms with Crippen molar-refractivity contribution >= 4 is 5.91 Å². The number of nitrogens with one attached hydrogen (secondary N) is 1. The average Bonchev–Trinajstić information content (AvgIpc) is 2.73. The minimum Gasteiger partial charge on any atom is -0.338 e. The third-order valence-corrected chi connectivity index (χ3v) is 4.41. The van der Waals surface area contributed by atoms with E-state index in [9.17, 15) is 4.79 Å². The topological polar surface area (TPSA) is 32.3 Å². The maximum Gasteiger partial charge on any atom is 0.240 e. The maximum atomic E-state index is 12.0. The highest BCUT2D eigenvalue weighted by atomic mass is 16.2. The molecule has 1 saturated carbocycles. The molecule has 0 bridgehead atoms. The number of hydrogen-bond acceptors (Lipinski definition) is 2. The van der Waals surface area contributed by atoms with Crippen LogP contribution in [0.3, 0.4) is 0 Å². The van der Waals surface area contributed by atoms with Crippen molar-refractivity contribution in [3.8, 4) is 0 Å². The molecule has 86 valence electrons. The second-order valence-corrected chi connectivity index (χ2v) is 5.14. The molecule has 0 spiro atoms. The van der Waals surface area contributed by atoms with E-state index in [-0.39, 0.29) is 6.04 Å². The third-order valence-electron chi connectivity index (χ3n) is 4.41. The fourth-order valence-electron chi connectivity index (χ4n) is 3.08. The van der Waals surface area contributed by atoms with E-state index in [2.05, 4.69) is 24.1 Å². The van der Waals surface area contributed by atoms with Gasteiger partial charge in [-0.2, -0.15) is 0 Å². The van der Waals surface area contributed by atoms with Crippen LogP contribution in [0.15, 0.2) is 0 Å². The Morgan fingerprint density at radius 3 is 2.47 bits per heavy atom. The Hall–Kier alpha value is -0.570. The molecule has 1 aliphatic carbocycles. The van der Waals surface area contributed by atoms with Gasteiger partial charge in [0.2, 0.25) is 5.91 Å². The zero-order chi connectivity index (χ0) is 11.0. The van der Waals surface area contributed by atoms with Crippen LogP contribution in [0.2, 0.25) is 0 Å². The van der Waals surface area contributed by atoms with E-state index in [0.29, 0.717) is 17.9 Å². The number of carbonyl (C=O) groups is 1. The lowest BCUT2D eigenvalue weighted by molar-refractivity contribution is -0.131. The van der Waals surface area contributed by atoms with Gasteiger partial charge in [-0.1, -0.05) is 13.8 Å². The lowest BCUT2D eigenvalue weighted by Gasteiger charge is -2.29. The van der Waals surface area contributed by atoms with Crippen molar-refractivity contribution in [2.45, 2.75) is 45.2 Å². The van der Waals surface area contributed by atoms with Crippen LogP contribution in [0.25, 0.3) is 0 Å². The van der Waals surface area contributed by atoms with E-state index >= 15 is 0 Å². The molecule has 1 amide bonds. The maximum absolute atomic E-state index is 12.0. The second kappa shape index (κ2) is 4.12. The summed E-state index contributed by atoms with van der Waals surface area (Å²) in [5.74, 6) is 1.77. The van der Waals surface area contributed by atoms with Crippen LogP contribution in [0.1, 0.15) is 33.1 Å². The molecule has 3 nitrogen and oxygen atoms in total. The minimum absolute atomic E-state index is 0.0770. The lowest BCUT2D eigenvalue weighted by Crippen LogP contribution is -2.43. The van der Waals surface area contributed by atoms with Crippen molar-refractivity contribution in [3.63, 3.8) is 0 Å². The molecule has 2 fully saturated rings. The molecule has 3 heteroatoms. The molecule has 0 aromatic rings. The number of hydrogen-bond donors (Lipinski definition) is 1. The van der Waals surface area contributed by atoms with E-state index < -0.39 is 0 Å². The quantitative estimate of drug-likeness (QED) is 0.744. The normalized spacial score (nSPS) is 41.5. The van der Waals surface area contributed by atoms with Crippen molar-refractivity contribution in [1.29, 1.82) is 0 Å². The highest BCUT2D eigenvalue weighted by Crippen LogP contribution is 2.36. The summed E-state index contributed by atoms with van der Waals surface area (Å²) < 4.78 is 0. The van der Waals surface area contributed by atoms with Crippen LogP contribution in [0.5, 0.6) is 0 Å². The number of likely N-dealkylation sites (N-methyl/N-ethyl adjacent to an activating group) is 1. The Balaban J connectivity index is 2.03. The van der Waals surface area contributed by atoms with Gasteiger partial charge in [0.25, 0.3) is 0 Å². The number of likely N-dealkylation sites (tertiary alicyclic amines) is 1. The van der Waals surface area contributed by atoms with Gasteiger partial charge in [0.15, 0.2) is 0 Å². The molecule has 0 radical (unpaired) electrons. The van der Waals surface area contributed by atoms with Crippen LogP contribution in [-0.4, -0.2) is 36.5 Å². The van der Waals surface area contributed by atoms with Gasteiger partial charge in [-0.25, -0.2) is 0 Å². The number of amides is 1. The van der Waals surface area contributed by atoms with Crippen LogP contribution >= 0.6 is 0 Å². The minimum atomic E-state index is 0.0770. The lowest BCUT2D eigenvalue weighted by atomic mass is 9.97. The number of nitrogens with zero attached hydrogens (tertiary/aromatic N) is 1.